The molecule has 0 aliphatic carbocycles. The molecule has 124 valence electrons. The van der Waals surface area contributed by atoms with E-state index in [2.05, 4.69) is 15.5 Å². The van der Waals surface area contributed by atoms with Crippen molar-refractivity contribution in [3.63, 3.8) is 0 Å². The van der Waals surface area contributed by atoms with Gasteiger partial charge in [0.25, 0.3) is 0 Å². The van der Waals surface area contributed by atoms with Crippen LogP contribution in [0.2, 0.25) is 0 Å². The Morgan fingerprint density at radius 1 is 1.27 bits per heavy atom. The number of nitrogens with one attached hydrogen (secondary N) is 1. The van der Waals surface area contributed by atoms with Gasteiger partial charge in [0.05, 0.1) is 6.54 Å². The Morgan fingerprint density at radius 3 is 2.45 bits per heavy atom. The lowest BCUT2D eigenvalue weighted by atomic mass is 9.96. The third-order valence-corrected chi connectivity index (χ3v) is 3.13. The molecule has 22 heavy (non-hydrogen) atoms. The lowest BCUT2D eigenvalue weighted by molar-refractivity contribution is -0.135. The first-order valence-electron chi connectivity index (χ1n) is 7.65. The molecule has 0 unspecified atom stereocenters. The van der Waals surface area contributed by atoms with Crippen LogP contribution in [0.15, 0.2) is 4.52 Å². The van der Waals surface area contributed by atoms with Gasteiger partial charge >= 0.3 is 0 Å². The molecule has 0 saturated heterocycles. The van der Waals surface area contributed by atoms with Gasteiger partial charge < -0.3 is 14.7 Å². The third kappa shape index (κ3) is 5.46. The van der Waals surface area contributed by atoms with Gasteiger partial charge in [-0.2, -0.15) is 4.98 Å². The Morgan fingerprint density at radius 2 is 1.95 bits per heavy atom. The summed E-state index contributed by atoms with van der Waals surface area (Å²) in [5.41, 5.74) is -0.181. The molecule has 2 amide bonds. The average molecular weight is 310 g/mol. The van der Waals surface area contributed by atoms with Crippen molar-refractivity contribution in [1.82, 2.24) is 20.4 Å². The van der Waals surface area contributed by atoms with Crippen molar-refractivity contribution in [2.24, 2.45) is 0 Å². The molecule has 0 fully saturated rings. The summed E-state index contributed by atoms with van der Waals surface area (Å²) in [5.74, 6) is 0.840. The number of aryl methyl sites for hydroxylation is 1. The van der Waals surface area contributed by atoms with E-state index in [9.17, 15) is 9.59 Å². The smallest absolute Gasteiger partial charge is 0.239 e. The first-order valence-corrected chi connectivity index (χ1v) is 7.65. The van der Waals surface area contributed by atoms with Crippen LogP contribution in [0.25, 0.3) is 0 Å². The van der Waals surface area contributed by atoms with Crippen LogP contribution < -0.4 is 5.32 Å². The van der Waals surface area contributed by atoms with Crippen molar-refractivity contribution in [1.29, 1.82) is 0 Å². The van der Waals surface area contributed by atoms with Gasteiger partial charge in [0.1, 0.15) is 0 Å². The van der Waals surface area contributed by atoms with Crippen molar-refractivity contribution in [3.05, 3.63) is 11.7 Å². The van der Waals surface area contributed by atoms with E-state index < -0.39 is 0 Å². The lowest BCUT2D eigenvalue weighted by Gasteiger charge is -2.19. The van der Waals surface area contributed by atoms with Crippen molar-refractivity contribution in [2.75, 3.05) is 19.6 Å². The summed E-state index contributed by atoms with van der Waals surface area (Å²) in [7, 11) is 0. The second kappa shape index (κ2) is 7.91. The molecule has 7 heteroatoms. The van der Waals surface area contributed by atoms with E-state index in [1.807, 2.05) is 34.6 Å². The maximum Gasteiger partial charge on any atom is 0.239 e. The van der Waals surface area contributed by atoms with Crippen LogP contribution in [0, 0.1) is 0 Å². The molecule has 1 N–H and O–H groups in total. The number of hydrogen-bond donors (Lipinski definition) is 1. The van der Waals surface area contributed by atoms with E-state index in [1.165, 1.54) is 4.90 Å². The summed E-state index contributed by atoms with van der Waals surface area (Å²) >= 11 is 0. The highest BCUT2D eigenvalue weighted by Crippen LogP contribution is 2.18. The number of aromatic nitrogens is 2. The zero-order chi connectivity index (χ0) is 16.8. The van der Waals surface area contributed by atoms with Crippen molar-refractivity contribution in [3.8, 4) is 0 Å². The summed E-state index contributed by atoms with van der Waals surface area (Å²) in [5, 5.41) is 6.61. The summed E-state index contributed by atoms with van der Waals surface area (Å²) < 4.78 is 5.16. The Labute approximate surface area is 131 Å². The number of likely N-dealkylation sites (N-methyl/N-ethyl adjacent to an activating group) is 2. The molecule has 1 heterocycles. The fourth-order valence-corrected chi connectivity index (χ4v) is 1.84. The minimum Gasteiger partial charge on any atom is -0.355 e. The molecule has 0 aromatic carbocycles. The SMILES string of the molecule is CCNC(=O)CN(CC)C(=O)CCc1nc(C(C)(C)C)no1. The highest BCUT2D eigenvalue weighted by molar-refractivity contribution is 5.84. The zero-order valence-corrected chi connectivity index (χ0v) is 14.1. The van der Waals surface area contributed by atoms with E-state index in [0.29, 0.717) is 31.2 Å². The first kappa shape index (κ1) is 18.1. The van der Waals surface area contributed by atoms with Gasteiger partial charge in [0, 0.05) is 31.3 Å². The monoisotopic (exact) mass is 310 g/mol. The Kier molecular flexibility index (Phi) is 6.52. The zero-order valence-electron chi connectivity index (χ0n) is 14.1. The number of carbonyl (C=O) groups excluding carboxylic acids is 2. The van der Waals surface area contributed by atoms with Crippen molar-refractivity contribution >= 4 is 11.8 Å². The average Bonchev–Trinajstić information content (AvgIpc) is 2.91. The number of amides is 2. The second-order valence-corrected chi connectivity index (χ2v) is 6.12. The Balaban J connectivity index is 2.53. The van der Waals surface area contributed by atoms with Crippen LogP contribution in [-0.2, 0) is 21.4 Å². The van der Waals surface area contributed by atoms with E-state index >= 15 is 0 Å². The Bertz CT molecular complexity index is 505. The maximum absolute atomic E-state index is 12.1. The number of hydrogen-bond acceptors (Lipinski definition) is 5. The van der Waals surface area contributed by atoms with E-state index in [0.717, 1.165) is 0 Å². The first-order chi connectivity index (χ1) is 10.3. The van der Waals surface area contributed by atoms with Crippen LogP contribution in [-0.4, -0.2) is 46.5 Å². The fourth-order valence-electron chi connectivity index (χ4n) is 1.84. The molecule has 1 aromatic rings. The standard InChI is InChI=1S/C15H26N4O3/c1-6-16-11(20)10-19(7-2)13(21)9-8-12-17-14(18-22-12)15(3,4)5/h6-10H2,1-5H3,(H,16,20). The van der Waals surface area contributed by atoms with Crippen LogP contribution in [0.3, 0.4) is 0 Å². The molecule has 0 atom stereocenters. The lowest BCUT2D eigenvalue weighted by Crippen LogP contribution is -2.40. The topological polar surface area (TPSA) is 88.3 Å². The van der Waals surface area contributed by atoms with Gasteiger partial charge in [-0.3, -0.25) is 9.59 Å². The van der Waals surface area contributed by atoms with Gasteiger partial charge in [0.15, 0.2) is 5.82 Å². The fraction of sp³-hybridized carbons (Fsp3) is 0.733. The minimum absolute atomic E-state index is 0.0836. The Hall–Kier alpha value is -1.92. The van der Waals surface area contributed by atoms with E-state index in [4.69, 9.17) is 4.52 Å². The van der Waals surface area contributed by atoms with Gasteiger partial charge in [-0.05, 0) is 13.8 Å². The van der Waals surface area contributed by atoms with Gasteiger partial charge in [-0.1, -0.05) is 25.9 Å². The predicted molar refractivity (Wildman–Crippen MR) is 82.3 cm³/mol. The van der Waals surface area contributed by atoms with Gasteiger partial charge in [-0.15, -0.1) is 0 Å². The number of nitrogens with zero attached hydrogens (tertiary/aromatic N) is 3. The molecule has 0 bridgehead atoms. The van der Waals surface area contributed by atoms with Crippen molar-refractivity contribution in [2.45, 2.75) is 52.9 Å². The quantitative estimate of drug-likeness (QED) is 0.819. The number of carbonyl (C=O) groups is 2. The largest absolute Gasteiger partial charge is 0.355 e. The normalized spacial score (nSPS) is 11.3. The highest BCUT2D eigenvalue weighted by atomic mass is 16.5. The van der Waals surface area contributed by atoms with Crippen LogP contribution in [0.4, 0.5) is 0 Å². The molecule has 1 rings (SSSR count). The predicted octanol–water partition coefficient (Wildman–Crippen LogP) is 1.28. The minimum atomic E-state index is -0.181. The molecular formula is C15H26N4O3. The molecule has 0 aliphatic rings. The molecular weight excluding hydrogens is 284 g/mol. The maximum atomic E-state index is 12.1. The highest BCUT2D eigenvalue weighted by Gasteiger charge is 2.22. The summed E-state index contributed by atoms with van der Waals surface area (Å²) in [6.07, 6.45) is 0.632. The summed E-state index contributed by atoms with van der Waals surface area (Å²) in [6, 6.07) is 0. The summed E-state index contributed by atoms with van der Waals surface area (Å²) in [6.45, 7) is 10.8. The molecule has 7 nitrogen and oxygen atoms in total. The molecule has 1 aromatic heterocycles. The molecule has 0 saturated carbocycles. The van der Waals surface area contributed by atoms with Crippen LogP contribution >= 0.6 is 0 Å². The number of rotatable bonds is 7. The molecule has 0 aliphatic heterocycles. The van der Waals surface area contributed by atoms with E-state index in [1.54, 1.807) is 0 Å². The van der Waals surface area contributed by atoms with Crippen LogP contribution in [0.5, 0.6) is 0 Å². The van der Waals surface area contributed by atoms with Gasteiger partial charge in [-0.25, -0.2) is 0 Å². The molecule has 0 spiro atoms. The summed E-state index contributed by atoms with van der Waals surface area (Å²) in [4.78, 5) is 29.5. The third-order valence-electron chi connectivity index (χ3n) is 3.13. The van der Waals surface area contributed by atoms with E-state index in [-0.39, 0.29) is 30.2 Å². The molecule has 0 radical (unpaired) electrons. The van der Waals surface area contributed by atoms with Crippen LogP contribution in [0.1, 0.15) is 52.8 Å². The van der Waals surface area contributed by atoms with Gasteiger partial charge in [0.2, 0.25) is 17.7 Å². The van der Waals surface area contributed by atoms with Crippen molar-refractivity contribution < 1.29 is 14.1 Å². The second-order valence-electron chi connectivity index (χ2n) is 6.12.